The van der Waals surface area contributed by atoms with E-state index in [9.17, 15) is 14.7 Å². The third kappa shape index (κ3) is 5.88. The Morgan fingerprint density at radius 1 is 1.19 bits per heavy atom. The van der Waals surface area contributed by atoms with Crippen molar-refractivity contribution in [1.29, 1.82) is 0 Å². The van der Waals surface area contributed by atoms with Crippen LogP contribution in [0, 0.1) is 0 Å². The normalized spacial score (nSPS) is 11.8. The number of esters is 1. The fourth-order valence-corrected chi connectivity index (χ4v) is 2.30. The first-order chi connectivity index (χ1) is 12.9. The Hall–Kier alpha value is -3.28. The van der Waals surface area contributed by atoms with Crippen LogP contribution in [0.15, 0.2) is 48.5 Å². The van der Waals surface area contributed by atoms with E-state index in [0.29, 0.717) is 17.0 Å². The predicted molar refractivity (Wildman–Crippen MR) is 104 cm³/mol. The van der Waals surface area contributed by atoms with Gasteiger partial charge in [0.15, 0.2) is 17.6 Å². The molecule has 2 N–H and O–H groups in total. The summed E-state index contributed by atoms with van der Waals surface area (Å²) in [5.41, 5.74) is 2.46. The predicted octanol–water partition coefficient (Wildman–Crippen LogP) is 3.55. The summed E-state index contributed by atoms with van der Waals surface area (Å²) in [5.74, 6) is -0.750. The van der Waals surface area contributed by atoms with Gasteiger partial charge in [-0.2, -0.15) is 0 Å². The molecule has 6 nitrogen and oxygen atoms in total. The van der Waals surface area contributed by atoms with Gasteiger partial charge in [-0.3, -0.25) is 4.79 Å². The van der Waals surface area contributed by atoms with E-state index in [1.807, 2.05) is 24.3 Å². The Bertz CT molecular complexity index is 827. The molecule has 142 valence electrons. The van der Waals surface area contributed by atoms with Gasteiger partial charge >= 0.3 is 5.97 Å². The van der Waals surface area contributed by atoms with Gasteiger partial charge in [0.05, 0.1) is 7.11 Å². The quantitative estimate of drug-likeness (QED) is 0.576. The SMILES string of the molecule is CCc1ccc(NC(=O)[C@H](C)OC(=O)/C=C/c2ccc(O)c(OC)c2)cc1. The molecule has 0 bridgehead atoms. The second kappa shape index (κ2) is 9.43. The van der Waals surface area contributed by atoms with Gasteiger partial charge in [-0.1, -0.05) is 25.1 Å². The minimum atomic E-state index is -0.942. The number of ether oxygens (including phenoxy) is 2. The fourth-order valence-electron chi connectivity index (χ4n) is 2.30. The number of methoxy groups -OCH3 is 1. The highest BCUT2D eigenvalue weighted by atomic mass is 16.5. The van der Waals surface area contributed by atoms with Gasteiger partial charge in [0.1, 0.15) is 0 Å². The molecule has 2 aromatic rings. The largest absolute Gasteiger partial charge is 0.504 e. The highest BCUT2D eigenvalue weighted by molar-refractivity contribution is 5.96. The van der Waals surface area contributed by atoms with Gasteiger partial charge in [0, 0.05) is 11.8 Å². The van der Waals surface area contributed by atoms with E-state index in [-0.39, 0.29) is 5.75 Å². The second-order valence-corrected chi connectivity index (χ2v) is 5.88. The van der Waals surface area contributed by atoms with Crippen molar-refractivity contribution in [3.8, 4) is 11.5 Å². The van der Waals surface area contributed by atoms with Crippen molar-refractivity contribution in [1.82, 2.24) is 0 Å². The Balaban J connectivity index is 1.90. The topological polar surface area (TPSA) is 84.9 Å². The van der Waals surface area contributed by atoms with Crippen LogP contribution in [0.2, 0.25) is 0 Å². The molecule has 0 unspecified atom stereocenters. The zero-order chi connectivity index (χ0) is 19.8. The number of aromatic hydroxyl groups is 1. The maximum absolute atomic E-state index is 12.1. The Kier molecular flexibility index (Phi) is 7.00. The average Bonchev–Trinajstić information content (AvgIpc) is 2.67. The molecular formula is C21H23NO5. The molecule has 2 aromatic carbocycles. The number of carbonyl (C=O) groups is 2. The summed E-state index contributed by atoms with van der Waals surface area (Å²) in [6.45, 7) is 3.56. The lowest BCUT2D eigenvalue weighted by Gasteiger charge is -2.12. The molecule has 0 saturated carbocycles. The summed E-state index contributed by atoms with van der Waals surface area (Å²) in [7, 11) is 1.44. The number of hydrogen-bond acceptors (Lipinski definition) is 5. The van der Waals surface area contributed by atoms with Gasteiger partial charge in [0.2, 0.25) is 0 Å². The first-order valence-electron chi connectivity index (χ1n) is 8.58. The smallest absolute Gasteiger partial charge is 0.331 e. The molecule has 0 aliphatic rings. The molecule has 0 aliphatic heterocycles. The Morgan fingerprint density at radius 2 is 1.89 bits per heavy atom. The second-order valence-electron chi connectivity index (χ2n) is 5.88. The summed E-state index contributed by atoms with van der Waals surface area (Å²) in [6.07, 6.45) is 2.70. The summed E-state index contributed by atoms with van der Waals surface area (Å²) >= 11 is 0. The molecule has 2 rings (SSSR count). The van der Waals surface area contributed by atoms with Crippen LogP contribution >= 0.6 is 0 Å². The lowest BCUT2D eigenvalue weighted by Crippen LogP contribution is -2.29. The molecular weight excluding hydrogens is 346 g/mol. The van der Waals surface area contributed by atoms with E-state index in [1.165, 1.54) is 37.8 Å². The third-order valence-corrected chi connectivity index (χ3v) is 3.91. The molecule has 0 fully saturated rings. The van der Waals surface area contributed by atoms with E-state index < -0.39 is 18.0 Å². The zero-order valence-corrected chi connectivity index (χ0v) is 15.6. The van der Waals surface area contributed by atoms with Crippen molar-refractivity contribution in [2.24, 2.45) is 0 Å². The number of nitrogens with one attached hydrogen (secondary N) is 1. The fraction of sp³-hybridized carbons (Fsp3) is 0.238. The molecule has 0 heterocycles. The van der Waals surface area contributed by atoms with Gasteiger partial charge in [0.25, 0.3) is 5.91 Å². The number of rotatable bonds is 7. The van der Waals surface area contributed by atoms with Gasteiger partial charge in [-0.25, -0.2) is 4.79 Å². The zero-order valence-electron chi connectivity index (χ0n) is 15.6. The van der Waals surface area contributed by atoms with Crippen LogP contribution in [0.1, 0.15) is 25.0 Å². The van der Waals surface area contributed by atoms with Crippen molar-refractivity contribution >= 4 is 23.6 Å². The number of carbonyl (C=O) groups excluding carboxylic acids is 2. The molecule has 27 heavy (non-hydrogen) atoms. The maximum Gasteiger partial charge on any atom is 0.331 e. The first-order valence-corrected chi connectivity index (χ1v) is 8.58. The van der Waals surface area contributed by atoms with E-state index in [4.69, 9.17) is 9.47 Å². The minimum Gasteiger partial charge on any atom is -0.504 e. The van der Waals surface area contributed by atoms with E-state index in [2.05, 4.69) is 12.2 Å². The summed E-state index contributed by atoms with van der Waals surface area (Å²) < 4.78 is 10.1. The van der Waals surface area contributed by atoms with Crippen LogP contribution in [0.4, 0.5) is 5.69 Å². The Labute approximate surface area is 158 Å². The molecule has 0 aliphatic carbocycles. The minimum absolute atomic E-state index is 0.00879. The van der Waals surface area contributed by atoms with Crippen LogP contribution in [0.3, 0.4) is 0 Å². The number of phenols is 1. The standard InChI is InChI=1S/C21H23NO5/c1-4-15-5-9-17(10-6-15)22-21(25)14(2)27-20(24)12-8-16-7-11-18(23)19(13-16)26-3/h5-14,23H,4H2,1-3H3,(H,22,25)/b12-8+/t14-/m0/s1. The van der Waals surface area contributed by atoms with Gasteiger partial charge < -0.3 is 19.9 Å². The molecule has 0 aromatic heterocycles. The summed E-state index contributed by atoms with van der Waals surface area (Å²) in [6, 6.07) is 12.1. The maximum atomic E-state index is 12.1. The number of amides is 1. The van der Waals surface area contributed by atoms with E-state index in [0.717, 1.165) is 6.42 Å². The first kappa shape index (κ1) is 20.0. The lowest BCUT2D eigenvalue weighted by atomic mass is 10.1. The highest BCUT2D eigenvalue weighted by Crippen LogP contribution is 2.26. The van der Waals surface area contributed by atoms with Crippen LogP contribution in [0.5, 0.6) is 11.5 Å². The molecule has 1 atom stereocenters. The lowest BCUT2D eigenvalue weighted by molar-refractivity contribution is -0.148. The third-order valence-electron chi connectivity index (χ3n) is 3.91. The monoisotopic (exact) mass is 369 g/mol. The number of phenolic OH excluding ortho intramolecular Hbond substituents is 1. The average molecular weight is 369 g/mol. The van der Waals surface area contributed by atoms with Crippen molar-refractivity contribution in [2.45, 2.75) is 26.4 Å². The van der Waals surface area contributed by atoms with Crippen LogP contribution < -0.4 is 10.1 Å². The highest BCUT2D eigenvalue weighted by Gasteiger charge is 2.16. The number of hydrogen-bond donors (Lipinski definition) is 2. The van der Waals surface area contributed by atoms with E-state index in [1.54, 1.807) is 12.1 Å². The van der Waals surface area contributed by atoms with E-state index >= 15 is 0 Å². The van der Waals surface area contributed by atoms with Crippen LogP contribution in [-0.2, 0) is 20.7 Å². The number of anilines is 1. The molecule has 1 amide bonds. The van der Waals surface area contributed by atoms with Crippen molar-refractivity contribution in [3.05, 3.63) is 59.7 Å². The molecule has 0 saturated heterocycles. The molecule has 0 radical (unpaired) electrons. The molecule has 0 spiro atoms. The Morgan fingerprint density at radius 3 is 2.52 bits per heavy atom. The van der Waals surface area contributed by atoms with Crippen molar-refractivity contribution < 1.29 is 24.2 Å². The van der Waals surface area contributed by atoms with Gasteiger partial charge in [-0.15, -0.1) is 0 Å². The number of aryl methyl sites for hydroxylation is 1. The summed E-state index contributed by atoms with van der Waals surface area (Å²) in [5, 5.41) is 12.3. The van der Waals surface area contributed by atoms with Crippen molar-refractivity contribution in [2.75, 3.05) is 12.4 Å². The molecule has 6 heteroatoms. The van der Waals surface area contributed by atoms with Crippen LogP contribution in [-0.4, -0.2) is 30.2 Å². The van der Waals surface area contributed by atoms with Gasteiger partial charge in [-0.05, 0) is 54.8 Å². The number of benzene rings is 2. The van der Waals surface area contributed by atoms with Crippen molar-refractivity contribution in [3.63, 3.8) is 0 Å². The summed E-state index contributed by atoms with van der Waals surface area (Å²) in [4.78, 5) is 24.1. The van der Waals surface area contributed by atoms with Crippen LogP contribution in [0.25, 0.3) is 6.08 Å².